The van der Waals surface area contributed by atoms with Crippen LogP contribution in [0.25, 0.3) is 0 Å². The average molecular weight is 152 g/mol. The Morgan fingerprint density at radius 1 is 1.18 bits per heavy atom. The lowest BCUT2D eigenvalue weighted by Crippen LogP contribution is -2.08. The van der Waals surface area contributed by atoms with Crippen LogP contribution < -0.4 is 4.90 Å². The van der Waals surface area contributed by atoms with Crippen molar-refractivity contribution in [3.05, 3.63) is 18.2 Å². The maximum Gasteiger partial charge on any atom is 0.143 e. The first-order valence-electron chi connectivity index (χ1n) is 3.22. The number of phenolic OH excluding ortho intramolecular Hbond substituents is 2. The normalized spacial score (nSPS) is 9.64. The van der Waals surface area contributed by atoms with Gasteiger partial charge in [0.05, 0.1) is 0 Å². The zero-order chi connectivity index (χ0) is 8.43. The lowest BCUT2D eigenvalue weighted by atomic mass is 10.2. The van der Waals surface area contributed by atoms with Crippen LogP contribution in [0.15, 0.2) is 12.1 Å². The molecule has 0 aliphatic rings. The summed E-state index contributed by atoms with van der Waals surface area (Å²) in [5.41, 5.74) is 0.420. The van der Waals surface area contributed by atoms with Gasteiger partial charge < -0.3 is 15.1 Å². The fourth-order valence-electron chi connectivity index (χ4n) is 0.926. The van der Waals surface area contributed by atoms with E-state index in [0.717, 1.165) is 0 Å². The molecule has 3 nitrogen and oxygen atoms in total. The minimum absolute atomic E-state index is 0.0370. The van der Waals surface area contributed by atoms with Crippen LogP contribution in [0.4, 0.5) is 5.69 Å². The van der Waals surface area contributed by atoms with Crippen LogP contribution in [-0.2, 0) is 0 Å². The highest BCUT2D eigenvalue weighted by Crippen LogP contribution is 2.33. The van der Waals surface area contributed by atoms with E-state index in [9.17, 15) is 10.2 Å². The summed E-state index contributed by atoms with van der Waals surface area (Å²) in [6, 6.07) is 5.42. The standard InChI is InChI=1S/C8H10NO2/c1-9(2)8-6(10)4-3-5-7(8)11/h4-5,10-11H,1-2H3. The summed E-state index contributed by atoms with van der Waals surface area (Å²) in [5, 5.41) is 18.5. The Morgan fingerprint density at radius 2 is 1.64 bits per heavy atom. The Balaban J connectivity index is 3.21. The third-order valence-corrected chi connectivity index (χ3v) is 1.37. The van der Waals surface area contributed by atoms with Crippen molar-refractivity contribution in [2.45, 2.75) is 0 Å². The van der Waals surface area contributed by atoms with Crippen molar-refractivity contribution < 1.29 is 10.2 Å². The van der Waals surface area contributed by atoms with Gasteiger partial charge in [-0.3, -0.25) is 0 Å². The molecule has 0 atom stereocenters. The number of aromatic hydroxyl groups is 2. The fourth-order valence-corrected chi connectivity index (χ4v) is 0.926. The summed E-state index contributed by atoms with van der Waals surface area (Å²) in [6.45, 7) is 0. The monoisotopic (exact) mass is 152 g/mol. The zero-order valence-corrected chi connectivity index (χ0v) is 6.50. The van der Waals surface area contributed by atoms with E-state index in [1.165, 1.54) is 12.1 Å². The van der Waals surface area contributed by atoms with Gasteiger partial charge in [-0.2, -0.15) is 0 Å². The topological polar surface area (TPSA) is 43.7 Å². The van der Waals surface area contributed by atoms with E-state index in [2.05, 4.69) is 6.07 Å². The predicted octanol–water partition coefficient (Wildman–Crippen LogP) is 0.964. The van der Waals surface area contributed by atoms with Gasteiger partial charge in [0.2, 0.25) is 0 Å². The molecule has 1 rings (SSSR count). The minimum atomic E-state index is 0.0370. The lowest BCUT2D eigenvalue weighted by molar-refractivity contribution is 0.451. The second kappa shape index (κ2) is 2.70. The molecule has 0 unspecified atom stereocenters. The number of benzene rings is 1. The minimum Gasteiger partial charge on any atom is -0.506 e. The van der Waals surface area contributed by atoms with Gasteiger partial charge >= 0.3 is 0 Å². The molecule has 59 valence electrons. The molecule has 0 aromatic heterocycles. The van der Waals surface area contributed by atoms with Crippen molar-refractivity contribution in [2.75, 3.05) is 19.0 Å². The summed E-state index contributed by atoms with van der Waals surface area (Å²) < 4.78 is 0. The summed E-state index contributed by atoms with van der Waals surface area (Å²) in [7, 11) is 3.49. The number of hydrogen-bond acceptors (Lipinski definition) is 3. The van der Waals surface area contributed by atoms with E-state index in [-0.39, 0.29) is 11.5 Å². The predicted molar refractivity (Wildman–Crippen MR) is 42.9 cm³/mol. The van der Waals surface area contributed by atoms with Crippen LogP contribution in [-0.4, -0.2) is 24.3 Å². The van der Waals surface area contributed by atoms with Crippen molar-refractivity contribution in [2.24, 2.45) is 0 Å². The molecule has 1 aromatic carbocycles. The molecule has 11 heavy (non-hydrogen) atoms. The van der Waals surface area contributed by atoms with Gasteiger partial charge in [-0.05, 0) is 18.2 Å². The Kier molecular flexibility index (Phi) is 1.89. The van der Waals surface area contributed by atoms with E-state index in [0.29, 0.717) is 5.69 Å². The number of rotatable bonds is 1. The summed E-state index contributed by atoms with van der Waals surface area (Å²) >= 11 is 0. The molecular weight excluding hydrogens is 142 g/mol. The zero-order valence-electron chi connectivity index (χ0n) is 6.50. The van der Waals surface area contributed by atoms with Crippen molar-refractivity contribution in [3.63, 3.8) is 0 Å². The highest BCUT2D eigenvalue weighted by molar-refractivity contribution is 5.65. The third-order valence-electron chi connectivity index (χ3n) is 1.37. The van der Waals surface area contributed by atoms with Gasteiger partial charge in [0.25, 0.3) is 0 Å². The van der Waals surface area contributed by atoms with Crippen molar-refractivity contribution in [1.82, 2.24) is 0 Å². The summed E-state index contributed by atoms with van der Waals surface area (Å²) in [6.07, 6.45) is 0. The van der Waals surface area contributed by atoms with E-state index in [1.807, 2.05) is 0 Å². The van der Waals surface area contributed by atoms with Gasteiger partial charge in [0, 0.05) is 14.1 Å². The SMILES string of the molecule is CN(C)c1c(O)c[c]cc1O. The maximum atomic E-state index is 9.23. The fraction of sp³-hybridized carbons (Fsp3) is 0.250. The highest BCUT2D eigenvalue weighted by Gasteiger charge is 2.07. The van der Waals surface area contributed by atoms with Crippen molar-refractivity contribution >= 4 is 5.69 Å². The molecule has 3 heteroatoms. The number of phenols is 2. The molecule has 0 amide bonds. The molecular formula is C8H10NO2. The molecule has 0 aliphatic heterocycles. The first kappa shape index (κ1) is 7.72. The molecule has 0 saturated heterocycles. The largest absolute Gasteiger partial charge is 0.506 e. The van der Waals surface area contributed by atoms with Gasteiger partial charge in [0.15, 0.2) is 0 Å². The van der Waals surface area contributed by atoms with E-state index >= 15 is 0 Å². The third kappa shape index (κ3) is 1.37. The molecule has 1 aromatic rings. The van der Waals surface area contributed by atoms with Gasteiger partial charge in [0.1, 0.15) is 17.2 Å². The van der Waals surface area contributed by atoms with E-state index in [4.69, 9.17) is 0 Å². The molecule has 0 bridgehead atoms. The smallest absolute Gasteiger partial charge is 0.143 e. The van der Waals surface area contributed by atoms with Crippen LogP contribution in [0.5, 0.6) is 11.5 Å². The van der Waals surface area contributed by atoms with E-state index < -0.39 is 0 Å². The summed E-state index contributed by atoms with van der Waals surface area (Å²) in [5.74, 6) is 0.0741. The second-order valence-electron chi connectivity index (χ2n) is 2.47. The molecule has 0 heterocycles. The first-order valence-corrected chi connectivity index (χ1v) is 3.22. The van der Waals surface area contributed by atoms with Crippen LogP contribution in [0.2, 0.25) is 0 Å². The molecule has 0 aliphatic carbocycles. The van der Waals surface area contributed by atoms with Gasteiger partial charge in [-0.25, -0.2) is 0 Å². The van der Waals surface area contributed by atoms with Crippen LogP contribution >= 0.6 is 0 Å². The molecule has 2 N–H and O–H groups in total. The van der Waals surface area contributed by atoms with Crippen molar-refractivity contribution in [1.29, 1.82) is 0 Å². The Hall–Kier alpha value is -1.38. The molecule has 1 radical (unpaired) electrons. The number of nitrogens with zero attached hydrogens (tertiary/aromatic N) is 1. The number of hydrogen-bond donors (Lipinski definition) is 2. The van der Waals surface area contributed by atoms with Crippen LogP contribution in [0.1, 0.15) is 0 Å². The Morgan fingerprint density at radius 3 is 1.91 bits per heavy atom. The second-order valence-corrected chi connectivity index (χ2v) is 2.47. The average Bonchev–Trinajstić information content (AvgIpc) is 1.85. The molecule has 0 saturated carbocycles. The number of anilines is 1. The Bertz CT molecular complexity index is 238. The van der Waals surface area contributed by atoms with Crippen molar-refractivity contribution in [3.8, 4) is 11.5 Å². The van der Waals surface area contributed by atoms with Gasteiger partial charge in [-0.15, -0.1) is 0 Å². The van der Waals surface area contributed by atoms with Crippen LogP contribution in [0, 0.1) is 6.07 Å². The quantitative estimate of drug-likeness (QED) is 0.630. The Labute approximate surface area is 65.5 Å². The lowest BCUT2D eigenvalue weighted by Gasteiger charge is -2.14. The maximum absolute atomic E-state index is 9.23. The van der Waals surface area contributed by atoms with Gasteiger partial charge in [-0.1, -0.05) is 0 Å². The molecule has 0 spiro atoms. The first-order chi connectivity index (χ1) is 5.13. The molecule has 0 fully saturated rings. The highest BCUT2D eigenvalue weighted by atomic mass is 16.3. The van der Waals surface area contributed by atoms with E-state index in [1.54, 1.807) is 19.0 Å². The summed E-state index contributed by atoms with van der Waals surface area (Å²) in [4.78, 5) is 1.64. The van der Waals surface area contributed by atoms with Crippen LogP contribution in [0.3, 0.4) is 0 Å².